The number of carbonyl (C=O) groups excluding carboxylic acids is 2. The number of nitrogens with zero attached hydrogens (tertiary/aromatic N) is 3. The first kappa shape index (κ1) is 19.1. The Balaban J connectivity index is 1.86. The van der Waals surface area contributed by atoms with Crippen LogP contribution in [0.15, 0.2) is 24.3 Å². The molecule has 0 atom stereocenters. The van der Waals surface area contributed by atoms with Gasteiger partial charge in [0.15, 0.2) is 0 Å². The summed E-state index contributed by atoms with van der Waals surface area (Å²) in [5, 5.41) is 3.40. The van der Waals surface area contributed by atoms with Crippen molar-refractivity contribution in [3.05, 3.63) is 46.2 Å². The van der Waals surface area contributed by atoms with Crippen LogP contribution in [0.2, 0.25) is 5.02 Å². The fraction of sp³-hybridized carbons (Fsp3) is 0.368. The number of methoxy groups -OCH3 is 1. The molecule has 3 rings (SSSR count). The number of anilines is 2. The summed E-state index contributed by atoms with van der Waals surface area (Å²) in [4.78, 5) is 34.9. The molecule has 1 aromatic carbocycles. The van der Waals surface area contributed by atoms with E-state index >= 15 is 0 Å². The molecule has 142 valence electrons. The molecule has 1 N–H and O–H groups in total. The normalized spacial score (nSPS) is 14.0. The zero-order valence-corrected chi connectivity index (χ0v) is 16.0. The van der Waals surface area contributed by atoms with Gasteiger partial charge in [0, 0.05) is 18.8 Å². The first-order valence-corrected chi connectivity index (χ1v) is 9.15. The van der Waals surface area contributed by atoms with Gasteiger partial charge in [-0.25, -0.2) is 14.8 Å². The Bertz CT molecular complexity index is 866. The summed E-state index contributed by atoms with van der Waals surface area (Å²) in [5.41, 5.74) is 1.81. The third-order valence-electron chi connectivity index (χ3n) is 4.35. The summed E-state index contributed by atoms with van der Waals surface area (Å²) in [6.07, 6.45) is 3.17. The first-order chi connectivity index (χ1) is 13.0. The van der Waals surface area contributed by atoms with Gasteiger partial charge >= 0.3 is 5.97 Å². The predicted octanol–water partition coefficient (Wildman–Crippen LogP) is 3.59. The fourth-order valence-corrected chi connectivity index (χ4v) is 3.14. The number of amides is 1. The van der Waals surface area contributed by atoms with E-state index in [1.165, 1.54) is 7.11 Å². The number of ether oxygens (including phenoxy) is 1. The molecule has 1 aromatic heterocycles. The highest BCUT2D eigenvalue weighted by atomic mass is 35.5. The van der Waals surface area contributed by atoms with Crippen molar-refractivity contribution in [3.63, 3.8) is 0 Å². The molecular weight excluding hydrogens is 368 g/mol. The molecule has 1 amide bonds. The lowest BCUT2D eigenvalue weighted by molar-refractivity contribution is 0.0600. The molecule has 27 heavy (non-hydrogen) atoms. The molecule has 8 heteroatoms. The monoisotopic (exact) mass is 388 g/mol. The number of aromatic nitrogens is 2. The molecule has 1 fully saturated rings. The third kappa shape index (κ3) is 4.54. The minimum Gasteiger partial charge on any atom is -0.465 e. The number of likely N-dealkylation sites (tertiary alicyclic amines) is 1. The number of halogens is 1. The number of piperidine rings is 1. The van der Waals surface area contributed by atoms with Crippen molar-refractivity contribution in [3.8, 4) is 0 Å². The van der Waals surface area contributed by atoms with E-state index in [0.717, 1.165) is 32.4 Å². The van der Waals surface area contributed by atoms with E-state index in [9.17, 15) is 9.59 Å². The van der Waals surface area contributed by atoms with Gasteiger partial charge in [-0.05, 0) is 50.5 Å². The predicted molar refractivity (Wildman–Crippen MR) is 103 cm³/mol. The zero-order chi connectivity index (χ0) is 19.4. The first-order valence-electron chi connectivity index (χ1n) is 8.78. The summed E-state index contributed by atoms with van der Waals surface area (Å²) < 4.78 is 4.73. The molecule has 2 aromatic rings. The zero-order valence-electron chi connectivity index (χ0n) is 15.3. The van der Waals surface area contributed by atoms with E-state index in [1.807, 2.05) is 4.90 Å². The largest absolute Gasteiger partial charge is 0.465 e. The highest BCUT2D eigenvalue weighted by molar-refractivity contribution is 6.33. The number of carbonyl (C=O) groups is 2. The molecule has 1 aliphatic heterocycles. The highest BCUT2D eigenvalue weighted by Crippen LogP contribution is 2.26. The van der Waals surface area contributed by atoms with Gasteiger partial charge in [0.25, 0.3) is 5.91 Å². The summed E-state index contributed by atoms with van der Waals surface area (Å²) in [7, 11) is 1.31. The molecule has 0 saturated carbocycles. The van der Waals surface area contributed by atoms with Gasteiger partial charge in [0.1, 0.15) is 5.69 Å². The lowest BCUT2D eigenvalue weighted by Crippen LogP contribution is -2.36. The molecule has 0 spiro atoms. The van der Waals surface area contributed by atoms with Crippen LogP contribution >= 0.6 is 11.6 Å². The quantitative estimate of drug-likeness (QED) is 0.805. The average Bonchev–Trinajstić information content (AvgIpc) is 2.68. The number of hydrogen-bond donors (Lipinski definition) is 1. The standard InChI is InChI=1S/C19H21ClN4O3/c1-12-10-16(17(25)24-8-4-3-5-9-24)23-19(21-12)22-15-11-13(18(26)27-2)6-7-14(15)20/h6-7,10-11H,3-5,8-9H2,1-2H3,(H,21,22,23). The van der Waals surface area contributed by atoms with Gasteiger partial charge in [0.05, 0.1) is 23.4 Å². The van der Waals surface area contributed by atoms with Gasteiger partial charge in [-0.3, -0.25) is 4.79 Å². The molecule has 0 radical (unpaired) electrons. The van der Waals surface area contributed by atoms with Gasteiger partial charge in [-0.2, -0.15) is 0 Å². The van der Waals surface area contributed by atoms with Crippen molar-refractivity contribution in [1.82, 2.24) is 14.9 Å². The lowest BCUT2D eigenvalue weighted by Gasteiger charge is -2.26. The minimum atomic E-state index is -0.471. The molecule has 0 bridgehead atoms. The molecule has 2 heterocycles. The third-order valence-corrected chi connectivity index (χ3v) is 4.68. The second-order valence-corrected chi connectivity index (χ2v) is 6.79. The van der Waals surface area contributed by atoms with E-state index in [-0.39, 0.29) is 11.9 Å². The molecule has 7 nitrogen and oxygen atoms in total. The molecule has 0 aliphatic carbocycles. The fourth-order valence-electron chi connectivity index (χ4n) is 2.98. The Morgan fingerprint density at radius 2 is 1.89 bits per heavy atom. The van der Waals surface area contributed by atoms with E-state index < -0.39 is 5.97 Å². The molecular formula is C19H21ClN4O3. The van der Waals surface area contributed by atoms with Crippen LogP contribution in [-0.4, -0.2) is 46.9 Å². The summed E-state index contributed by atoms with van der Waals surface area (Å²) in [6, 6.07) is 6.40. The average molecular weight is 389 g/mol. The Kier molecular flexibility index (Phi) is 5.91. The summed E-state index contributed by atoms with van der Waals surface area (Å²) in [6.45, 7) is 3.29. The number of benzene rings is 1. The van der Waals surface area contributed by atoms with Crippen molar-refractivity contribution < 1.29 is 14.3 Å². The van der Waals surface area contributed by atoms with Crippen molar-refractivity contribution in [2.75, 3.05) is 25.5 Å². The second-order valence-electron chi connectivity index (χ2n) is 6.38. The molecule has 1 saturated heterocycles. The van der Waals surface area contributed by atoms with Crippen LogP contribution in [0, 0.1) is 6.92 Å². The summed E-state index contributed by atoms with van der Waals surface area (Å²) >= 11 is 6.21. The number of hydrogen-bond acceptors (Lipinski definition) is 6. The number of nitrogens with one attached hydrogen (secondary N) is 1. The Hall–Kier alpha value is -2.67. The topological polar surface area (TPSA) is 84.4 Å². The van der Waals surface area contributed by atoms with Crippen LogP contribution in [-0.2, 0) is 4.74 Å². The number of esters is 1. The number of aryl methyl sites for hydroxylation is 1. The van der Waals surface area contributed by atoms with Crippen LogP contribution in [0.1, 0.15) is 45.8 Å². The van der Waals surface area contributed by atoms with Crippen molar-refractivity contribution in [2.45, 2.75) is 26.2 Å². The Morgan fingerprint density at radius 3 is 2.59 bits per heavy atom. The van der Waals surface area contributed by atoms with Crippen LogP contribution in [0.25, 0.3) is 0 Å². The maximum Gasteiger partial charge on any atom is 0.337 e. The van der Waals surface area contributed by atoms with Crippen molar-refractivity contribution in [2.24, 2.45) is 0 Å². The van der Waals surface area contributed by atoms with E-state index in [4.69, 9.17) is 16.3 Å². The second kappa shape index (κ2) is 8.35. The van der Waals surface area contributed by atoms with Crippen molar-refractivity contribution in [1.29, 1.82) is 0 Å². The smallest absolute Gasteiger partial charge is 0.337 e. The minimum absolute atomic E-state index is 0.0994. The van der Waals surface area contributed by atoms with Crippen LogP contribution in [0.4, 0.5) is 11.6 Å². The lowest BCUT2D eigenvalue weighted by atomic mass is 10.1. The summed E-state index contributed by atoms with van der Waals surface area (Å²) in [5.74, 6) is -0.322. The van der Waals surface area contributed by atoms with Gasteiger partial charge in [0.2, 0.25) is 5.95 Å². The molecule has 0 unspecified atom stereocenters. The maximum atomic E-state index is 12.7. The van der Waals surface area contributed by atoms with Gasteiger partial charge in [-0.1, -0.05) is 11.6 Å². The van der Waals surface area contributed by atoms with Gasteiger partial charge in [-0.15, -0.1) is 0 Å². The van der Waals surface area contributed by atoms with Crippen LogP contribution in [0.5, 0.6) is 0 Å². The Labute approximate surface area is 162 Å². The Morgan fingerprint density at radius 1 is 1.15 bits per heavy atom. The van der Waals surface area contributed by atoms with Gasteiger partial charge < -0.3 is 15.0 Å². The van der Waals surface area contributed by atoms with E-state index in [2.05, 4.69) is 15.3 Å². The van der Waals surface area contributed by atoms with Crippen LogP contribution < -0.4 is 5.32 Å². The van der Waals surface area contributed by atoms with Crippen molar-refractivity contribution >= 4 is 35.1 Å². The van der Waals surface area contributed by atoms with Crippen LogP contribution in [0.3, 0.4) is 0 Å². The van der Waals surface area contributed by atoms with E-state index in [1.54, 1.807) is 31.2 Å². The maximum absolute atomic E-state index is 12.7. The van der Waals surface area contributed by atoms with E-state index in [0.29, 0.717) is 27.7 Å². The number of rotatable bonds is 4. The highest BCUT2D eigenvalue weighted by Gasteiger charge is 2.20. The SMILES string of the molecule is COC(=O)c1ccc(Cl)c(Nc2nc(C)cc(C(=O)N3CCCCC3)n2)c1. The molecule has 1 aliphatic rings.